The minimum Gasteiger partial charge on any atom is -0.496 e. The third-order valence-electron chi connectivity index (χ3n) is 5.44. The zero-order valence-electron chi connectivity index (χ0n) is 13.4. The topological polar surface area (TPSA) is 12.5 Å². The van der Waals surface area contributed by atoms with Crippen LogP contribution in [-0.2, 0) is 0 Å². The maximum atomic E-state index is 5.53. The Morgan fingerprint density at radius 2 is 1.86 bits per heavy atom. The Kier molecular flexibility index (Phi) is 3.42. The molecule has 114 valence electrons. The fraction of sp³-hybridized carbons (Fsp3) is 0.400. The van der Waals surface area contributed by atoms with Crippen LogP contribution < -0.4 is 4.74 Å². The molecule has 0 radical (unpaired) electrons. The highest BCUT2D eigenvalue weighted by Crippen LogP contribution is 2.39. The molecule has 0 saturated carbocycles. The molecule has 2 nitrogen and oxygen atoms in total. The molecule has 2 heteroatoms. The molecule has 2 aromatic carbocycles. The summed E-state index contributed by atoms with van der Waals surface area (Å²) in [6.45, 7) is 0. The van der Waals surface area contributed by atoms with Gasteiger partial charge in [-0.3, -0.25) is 4.90 Å². The van der Waals surface area contributed by atoms with E-state index in [2.05, 4.69) is 54.4 Å². The van der Waals surface area contributed by atoms with Gasteiger partial charge in [-0.15, -0.1) is 0 Å². The highest BCUT2D eigenvalue weighted by Gasteiger charge is 2.31. The van der Waals surface area contributed by atoms with Gasteiger partial charge in [0.05, 0.1) is 7.11 Å². The van der Waals surface area contributed by atoms with E-state index < -0.39 is 0 Å². The number of hydrogen-bond acceptors (Lipinski definition) is 2. The lowest BCUT2D eigenvalue weighted by molar-refractivity contribution is 0.137. The van der Waals surface area contributed by atoms with Crippen LogP contribution >= 0.6 is 0 Å². The number of hydrogen-bond donors (Lipinski definition) is 0. The molecular weight excluding hydrogens is 270 g/mol. The van der Waals surface area contributed by atoms with E-state index in [9.17, 15) is 0 Å². The van der Waals surface area contributed by atoms with Gasteiger partial charge in [0.2, 0.25) is 0 Å². The summed E-state index contributed by atoms with van der Waals surface area (Å²) < 4.78 is 5.53. The molecule has 0 aromatic heterocycles. The van der Waals surface area contributed by atoms with E-state index in [4.69, 9.17) is 4.74 Å². The van der Waals surface area contributed by atoms with E-state index in [1.807, 2.05) is 0 Å². The normalized spacial score (nSPS) is 25.1. The first-order valence-electron chi connectivity index (χ1n) is 8.26. The summed E-state index contributed by atoms with van der Waals surface area (Å²) in [5.74, 6) is 0.966. The van der Waals surface area contributed by atoms with Gasteiger partial charge in [-0.2, -0.15) is 0 Å². The van der Waals surface area contributed by atoms with E-state index in [0.29, 0.717) is 12.1 Å². The van der Waals surface area contributed by atoms with Crippen LogP contribution in [0.2, 0.25) is 0 Å². The fourth-order valence-corrected chi connectivity index (χ4v) is 4.17. The van der Waals surface area contributed by atoms with Gasteiger partial charge in [0.1, 0.15) is 5.75 Å². The Balaban J connectivity index is 1.85. The van der Waals surface area contributed by atoms with Gasteiger partial charge in [0.25, 0.3) is 0 Å². The average molecular weight is 293 g/mol. The molecule has 0 amide bonds. The lowest BCUT2D eigenvalue weighted by atomic mass is 9.82. The van der Waals surface area contributed by atoms with Crippen LogP contribution in [0.5, 0.6) is 5.75 Å². The largest absolute Gasteiger partial charge is 0.496 e. The molecule has 0 N–H and O–H groups in total. The first-order valence-corrected chi connectivity index (χ1v) is 8.26. The van der Waals surface area contributed by atoms with Crippen molar-refractivity contribution in [3.63, 3.8) is 0 Å². The minimum absolute atomic E-state index is 0.614. The Bertz CT molecular complexity index is 734. The van der Waals surface area contributed by atoms with Crippen LogP contribution in [-0.4, -0.2) is 31.1 Å². The maximum Gasteiger partial charge on any atom is 0.126 e. The summed E-state index contributed by atoms with van der Waals surface area (Å²) in [5, 5.41) is 2.53. The quantitative estimate of drug-likeness (QED) is 0.809. The second-order valence-electron chi connectivity index (χ2n) is 6.57. The number of methoxy groups -OCH3 is 1. The Labute approximate surface area is 132 Å². The summed E-state index contributed by atoms with van der Waals surface area (Å²) in [7, 11) is 4.04. The van der Waals surface area contributed by atoms with Crippen LogP contribution in [0.4, 0.5) is 0 Å². The van der Waals surface area contributed by atoms with Crippen molar-refractivity contribution >= 4 is 16.3 Å². The first kappa shape index (κ1) is 13.8. The molecule has 0 aliphatic carbocycles. The van der Waals surface area contributed by atoms with Gasteiger partial charge in [-0.1, -0.05) is 42.8 Å². The average Bonchev–Trinajstić information content (AvgIpc) is 2.54. The van der Waals surface area contributed by atoms with Crippen LogP contribution in [0.15, 0.2) is 42.5 Å². The summed E-state index contributed by atoms with van der Waals surface area (Å²) in [6.07, 6.45) is 7.67. The standard InChI is InChI=1S/C20H23NO/c1-21-15-6-5-7-16(21)13-14(12-15)17-10-11-20(22-2)19-9-4-3-8-18(17)19/h3-4,8-12,15-16H,5-7,13H2,1-2H3. The number of nitrogens with zero attached hydrogens (tertiary/aromatic N) is 1. The predicted octanol–water partition coefficient (Wildman–Crippen LogP) is 4.49. The highest BCUT2D eigenvalue weighted by molar-refractivity contribution is 5.97. The molecule has 1 fully saturated rings. The Hall–Kier alpha value is -1.80. The molecule has 2 unspecified atom stereocenters. The van der Waals surface area contributed by atoms with Gasteiger partial charge < -0.3 is 4.74 Å². The van der Waals surface area contributed by atoms with E-state index in [-0.39, 0.29) is 0 Å². The number of rotatable bonds is 2. The second-order valence-corrected chi connectivity index (χ2v) is 6.57. The molecule has 2 aliphatic heterocycles. The summed E-state index contributed by atoms with van der Waals surface area (Å²) in [6, 6.07) is 14.3. The molecule has 1 saturated heterocycles. The smallest absolute Gasteiger partial charge is 0.126 e. The van der Waals surface area contributed by atoms with Crippen molar-refractivity contribution in [2.24, 2.45) is 0 Å². The SMILES string of the molecule is COc1ccc(C2=CC3CCCC(C2)N3C)c2ccccc12. The van der Waals surface area contributed by atoms with Crippen molar-refractivity contribution in [3.8, 4) is 5.75 Å². The summed E-state index contributed by atoms with van der Waals surface area (Å²) >= 11 is 0. The van der Waals surface area contributed by atoms with Crippen molar-refractivity contribution in [1.29, 1.82) is 0 Å². The molecule has 2 aromatic rings. The fourth-order valence-electron chi connectivity index (χ4n) is 4.17. The summed E-state index contributed by atoms with van der Waals surface area (Å²) in [4.78, 5) is 2.57. The maximum absolute atomic E-state index is 5.53. The zero-order valence-corrected chi connectivity index (χ0v) is 13.4. The number of benzene rings is 2. The van der Waals surface area contributed by atoms with Gasteiger partial charge in [0, 0.05) is 17.5 Å². The van der Waals surface area contributed by atoms with Crippen LogP contribution in [0, 0.1) is 0 Å². The van der Waals surface area contributed by atoms with Crippen molar-refractivity contribution < 1.29 is 4.74 Å². The van der Waals surface area contributed by atoms with Crippen molar-refractivity contribution in [2.75, 3.05) is 14.2 Å². The number of piperidine rings is 1. The minimum atomic E-state index is 0.614. The van der Waals surface area contributed by atoms with Crippen LogP contribution in [0.1, 0.15) is 31.2 Å². The molecular formula is C20H23NO. The first-order chi connectivity index (χ1) is 10.8. The number of fused-ring (bicyclic) bond motifs is 3. The molecule has 4 rings (SSSR count). The molecule has 2 bridgehead atoms. The van der Waals surface area contributed by atoms with E-state index >= 15 is 0 Å². The van der Waals surface area contributed by atoms with Crippen LogP contribution in [0.25, 0.3) is 16.3 Å². The molecule has 2 atom stereocenters. The van der Waals surface area contributed by atoms with E-state index in [0.717, 1.165) is 5.75 Å². The van der Waals surface area contributed by atoms with Gasteiger partial charge in [0.15, 0.2) is 0 Å². The van der Waals surface area contributed by atoms with Crippen molar-refractivity contribution in [3.05, 3.63) is 48.0 Å². The van der Waals surface area contributed by atoms with E-state index in [1.54, 1.807) is 7.11 Å². The highest BCUT2D eigenvalue weighted by atomic mass is 16.5. The second kappa shape index (κ2) is 5.44. The molecule has 2 aliphatic rings. The number of likely N-dealkylation sites (N-methyl/N-ethyl adjacent to an activating group) is 1. The Morgan fingerprint density at radius 3 is 2.64 bits per heavy atom. The molecule has 0 spiro atoms. The van der Waals surface area contributed by atoms with E-state index in [1.165, 1.54) is 47.6 Å². The predicted molar refractivity (Wildman–Crippen MR) is 92.3 cm³/mol. The third kappa shape index (κ3) is 2.14. The lowest BCUT2D eigenvalue weighted by Crippen LogP contribution is -2.45. The monoisotopic (exact) mass is 293 g/mol. The molecule has 22 heavy (non-hydrogen) atoms. The van der Waals surface area contributed by atoms with Crippen LogP contribution in [0.3, 0.4) is 0 Å². The lowest BCUT2D eigenvalue weighted by Gasteiger charge is -2.43. The summed E-state index contributed by atoms with van der Waals surface area (Å²) in [5.41, 5.74) is 2.91. The number of ether oxygens (including phenoxy) is 1. The Morgan fingerprint density at radius 1 is 1.05 bits per heavy atom. The van der Waals surface area contributed by atoms with Crippen molar-refractivity contribution in [1.82, 2.24) is 4.90 Å². The van der Waals surface area contributed by atoms with Gasteiger partial charge in [-0.25, -0.2) is 0 Å². The third-order valence-corrected chi connectivity index (χ3v) is 5.44. The van der Waals surface area contributed by atoms with Crippen molar-refractivity contribution in [2.45, 2.75) is 37.8 Å². The zero-order chi connectivity index (χ0) is 15.1. The molecule has 2 heterocycles. The van der Waals surface area contributed by atoms with Gasteiger partial charge in [-0.05, 0) is 48.9 Å². The van der Waals surface area contributed by atoms with Gasteiger partial charge >= 0.3 is 0 Å².